The minimum Gasteiger partial charge on any atom is -0.354 e. The molecule has 0 fully saturated rings. The minimum atomic E-state index is -0.674. The molecule has 0 unspecified atom stereocenters. The van der Waals surface area contributed by atoms with Gasteiger partial charge in [-0.15, -0.1) is 0 Å². The van der Waals surface area contributed by atoms with Crippen molar-refractivity contribution in [2.75, 3.05) is 6.54 Å². The summed E-state index contributed by atoms with van der Waals surface area (Å²) in [6, 6.07) is 12.6. The van der Waals surface area contributed by atoms with E-state index in [1.165, 1.54) is 11.0 Å². The van der Waals surface area contributed by atoms with E-state index in [0.29, 0.717) is 17.1 Å². The Morgan fingerprint density at radius 2 is 1.82 bits per heavy atom. The second-order valence-electron chi connectivity index (χ2n) is 6.74. The summed E-state index contributed by atoms with van der Waals surface area (Å²) in [5.41, 5.74) is 1.16. The summed E-state index contributed by atoms with van der Waals surface area (Å²) >= 11 is 5.93. The van der Waals surface area contributed by atoms with E-state index in [4.69, 9.17) is 11.6 Å². The highest BCUT2D eigenvalue weighted by molar-refractivity contribution is 6.30. The highest BCUT2D eigenvalue weighted by atomic mass is 35.5. The maximum absolute atomic E-state index is 14.0. The molecule has 2 amide bonds. The van der Waals surface area contributed by atoms with Crippen LogP contribution in [0.15, 0.2) is 48.5 Å². The first-order valence-electron chi connectivity index (χ1n) is 9.47. The van der Waals surface area contributed by atoms with Gasteiger partial charge < -0.3 is 10.2 Å². The van der Waals surface area contributed by atoms with Crippen LogP contribution in [0.3, 0.4) is 0 Å². The van der Waals surface area contributed by atoms with Gasteiger partial charge in [0.05, 0.1) is 6.42 Å². The Bertz CT molecular complexity index is 795. The fourth-order valence-corrected chi connectivity index (χ4v) is 2.94. The first kappa shape index (κ1) is 21.9. The molecule has 1 N–H and O–H groups in total. The van der Waals surface area contributed by atoms with Gasteiger partial charge >= 0.3 is 0 Å². The molecular weight excluding hydrogens is 379 g/mol. The zero-order valence-electron chi connectivity index (χ0n) is 16.3. The molecule has 0 aliphatic carbocycles. The standard InChI is InChI=1S/C22H26ClFN2O2/c1-3-4-13-25-22(28)16(2)26(15-17-9-11-19(23)12-10-17)21(27)14-18-7-5-6-8-20(18)24/h5-12,16H,3-4,13-15H2,1-2H3,(H,25,28)/t16-/m0/s1. The summed E-state index contributed by atoms with van der Waals surface area (Å²) < 4.78 is 14.0. The maximum atomic E-state index is 14.0. The van der Waals surface area contributed by atoms with E-state index in [9.17, 15) is 14.0 Å². The summed E-state index contributed by atoms with van der Waals surface area (Å²) in [7, 11) is 0. The number of halogens is 2. The van der Waals surface area contributed by atoms with Crippen molar-refractivity contribution in [3.05, 3.63) is 70.5 Å². The fourth-order valence-electron chi connectivity index (χ4n) is 2.81. The highest BCUT2D eigenvalue weighted by Gasteiger charge is 2.26. The van der Waals surface area contributed by atoms with E-state index in [0.717, 1.165) is 18.4 Å². The Morgan fingerprint density at radius 1 is 1.14 bits per heavy atom. The molecule has 0 radical (unpaired) electrons. The third kappa shape index (κ3) is 6.34. The Labute approximate surface area is 170 Å². The van der Waals surface area contributed by atoms with Crippen molar-refractivity contribution in [2.24, 2.45) is 0 Å². The third-order valence-corrected chi connectivity index (χ3v) is 4.81. The Kier molecular flexibility index (Phi) is 8.45. The van der Waals surface area contributed by atoms with Crippen molar-refractivity contribution in [1.82, 2.24) is 10.2 Å². The topological polar surface area (TPSA) is 49.4 Å². The quantitative estimate of drug-likeness (QED) is 0.631. The smallest absolute Gasteiger partial charge is 0.242 e. The van der Waals surface area contributed by atoms with Gasteiger partial charge in [-0.1, -0.05) is 55.3 Å². The Balaban J connectivity index is 2.18. The lowest BCUT2D eigenvalue weighted by Gasteiger charge is -2.29. The lowest BCUT2D eigenvalue weighted by atomic mass is 10.1. The van der Waals surface area contributed by atoms with Crippen LogP contribution in [-0.4, -0.2) is 29.3 Å². The molecular formula is C22H26ClFN2O2. The van der Waals surface area contributed by atoms with Gasteiger partial charge in [0.1, 0.15) is 11.9 Å². The Hall–Kier alpha value is -2.40. The number of hydrogen-bond acceptors (Lipinski definition) is 2. The van der Waals surface area contributed by atoms with Crippen molar-refractivity contribution >= 4 is 23.4 Å². The molecule has 0 saturated heterocycles. The van der Waals surface area contributed by atoms with E-state index >= 15 is 0 Å². The molecule has 1 atom stereocenters. The van der Waals surface area contributed by atoms with Gasteiger partial charge in [-0.25, -0.2) is 4.39 Å². The van der Waals surface area contributed by atoms with E-state index < -0.39 is 11.9 Å². The van der Waals surface area contributed by atoms with E-state index in [1.807, 2.05) is 19.1 Å². The van der Waals surface area contributed by atoms with Crippen LogP contribution in [0.25, 0.3) is 0 Å². The van der Waals surface area contributed by atoms with Gasteiger partial charge in [-0.05, 0) is 42.7 Å². The van der Waals surface area contributed by atoms with Crippen LogP contribution >= 0.6 is 11.6 Å². The van der Waals surface area contributed by atoms with Crippen LogP contribution in [0, 0.1) is 5.82 Å². The molecule has 0 aliphatic heterocycles. The van der Waals surface area contributed by atoms with Gasteiger partial charge in [0.25, 0.3) is 0 Å². The number of nitrogens with zero attached hydrogens (tertiary/aromatic N) is 1. The van der Waals surface area contributed by atoms with Crippen molar-refractivity contribution in [3.8, 4) is 0 Å². The van der Waals surface area contributed by atoms with Crippen LogP contribution in [0.5, 0.6) is 0 Å². The molecule has 0 aliphatic rings. The summed E-state index contributed by atoms with van der Waals surface area (Å²) in [4.78, 5) is 27.0. The number of rotatable bonds is 9. The van der Waals surface area contributed by atoms with Gasteiger partial charge in [-0.3, -0.25) is 9.59 Å². The summed E-state index contributed by atoms with van der Waals surface area (Å²) in [5.74, 6) is -0.954. The number of nitrogens with one attached hydrogen (secondary N) is 1. The monoisotopic (exact) mass is 404 g/mol. The predicted octanol–water partition coefficient (Wildman–Crippen LogP) is 4.36. The second kappa shape index (κ2) is 10.8. The Morgan fingerprint density at radius 3 is 2.46 bits per heavy atom. The lowest BCUT2D eigenvalue weighted by Crippen LogP contribution is -2.48. The summed E-state index contributed by atoms with van der Waals surface area (Å²) in [6.07, 6.45) is 1.74. The van der Waals surface area contributed by atoms with E-state index in [2.05, 4.69) is 5.32 Å². The summed E-state index contributed by atoms with van der Waals surface area (Å²) in [5, 5.41) is 3.46. The molecule has 4 nitrogen and oxygen atoms in total. The highest BCUT2D eigenvalue weighted by Crippen LogP contribution is 2.16. The molecule has 6 heteroatoms. The molecule has 150 valence electrons. The van der Waals surface area contributed by atoms with Crippen LogP contribution in [0.2, 0.25) is 5.02 Å². The van der Waals surface area contributed by atoms with Crippen molar-refractivity contribution in [2.45, 2.75) is 45.7 Å². The molecule has 2 aromatic rings. The summed E-state index contributed by atoms with van der Waals surface area (Å²) in [6.45, 7) is 4.54. The molecule has 0 saturated carbocycles. The van der Waals surface area contributed by atoms with Crippen LogP contribution in [0.1, 0.15) is 37.8 Å². The van der Waals surface area contributed by atoms with Crippen molar-refractivity contribution in [1.29, 1.82) is 0 Å². The zero-order valence-corrected chi connectivity index (χ0v) is 17.0. The number of carbonyl (C=O) groups excluding carboxylic acids is 2. The number of benzene rings is 2. The van der Waals surface area contributed by atoms with Gasteiger partial charge in [0.15, 0.2) is 0 Å². The van der Waals surface area contributed by atoms with Crippen molar-refractivity contribution < 1.29 is 14.0 Å². The van der Waals surface area contributed by atoms with E-state index in [1.54, 1.807) is 37.3 Å². The maximum Gasteiger partial charge on any atom is 0.242 e. The second-order valence-corrected chi connectivity index (χ2v) is 7.17. The van der Waals surface area contributed by atoms with Crippen LogP contribution in [0.4, 0.5) is 4.39 Å². The van der Waals surface area contributed by atoms with Gasteiger partial charge in [0, 0.05) is 18.1 Å². The van der Waals surface area contributed by atoms with E-state index in [-0.39, 0.29) is 24.8 Å². The number of carbonyl (C=O) groups is 2. The lowest BCUT2D eigenvalue weighted by molar-refractivity contribution is -0.140. The number of hydrogen-bond donors (Lipinski definition) is 1. The van der Waals surface area contributed by atoms with Crippen molar-refractivity contribution in [3.63, 3.8) is 0 Å². The average molecular weight is 405 g/mol. The minimum absolute atomic E-state index is 0.104. The number of amides is 2. The largest absolute Gasteiger partial charge is 0.354 e. The number of unbranched alkanes of at least 4 members (excludes halogenated alkanes) is 1. The first-order chi connectivity index (χ1) is 13.4. The predicted molar refractivity (Wildman–Crippen MR) is 109 cm³/mol. The molecule has 0 bridgehead atoms. The molecule has 2 aromatic carbocycles. The fraction of sp³-hybridized carbons (Fsp3) is 0.364. The van der Waals surface area contributed by atoms with Gasteiger partial charge in [0.2, 0.25) is 11.8 Å². The first-order valence-corrected chi connectivity index (χ1v) is 9.85. The molecule has 0 spiro atoms. The molecule has 0 aromatic heterocycles. The van der Waals surface area contributed by atoms with Crippen LogP contribution in [-0.2, 0) is 22.6 Å². The normalized spacial score (nSPS) is 11.7. The van der Waals surface area contributed by atoms with Crippen LogP contribution < -0.4 is 5.32 Å². The SMILES string of the molecule is CCCCNC(=O)[C@H](C)N(Cc1ccc(Cl)cc1)C(=O)Cc1ccccc1F. The third-order valence-electron chi connectivity index (χ3n) is 4.56. The average Bonchev–Trinajstić information content (AvgIpc) is 2.68. The molecule has 28 heavy (non-hydrogen) atoms. The molecule has 0 heterocycles. The molecule has 2 rings (SSSR count). The zero-order chi connectivity index (χ0) is 20.5. The van der Waals surface area contributed by atoms with Gasteiger partial charge in [-0.2, -0.15) is 0 Å².